The Morgan fingerprint density at radius 3 is 3.12 bits per heavy atom. The van der Waals surface area contributed by atoms with Crippen molar-refractivity contribution >= 4 is 17.4 Å². The molecule has 3 rings (SSSR count). The lowest BCUT2D eigenvalue weighted by Gasteiger charge is -2.32. The van der Waals surface area contributed by atoms with Crippen LogP contribution in [0.5, 0.6) is 0 Å². The molecule has 1 spiro atoms. The molecule has 2 aliphatic heterocycles. The number of likely N-dealkylation sites (N-methyl/N-ethyl adjacent to an activating group) is 1. The third-order valence-electron chi connectivity index (χ3n) is 4.93. The molecule has 134 valence electrons. The highest BCUT2D eigenvalue weighted by atomic mass is 32.1. The van der Waals surface area contributed by atoms with Crippen LogP contribution in [0.3, 0.4) is 0 Å². The topological polar surface area (TPSA) is 67.8 Å². The molecule has 1 aromatic rings. The van der Waals surface area contributed by atoms with E-state index in [1.807, 2.05) is 0 Å². The van der Waals surface area contributed by atoms with Crippen LogP contribution in [-0.4, -0.2) is 82.9 Å². The SMILES string of the molecule is CC(C)N(C)CC1CC[C@]2(COCCN(C(=O)c3csnn3)C2)O1. The van der Waals surface area contributed by atoms with Crippen LogP contribution in [0, 0.1) is 0 Å². The van der Waals surface area contributed by atoms with Gasteiger partial charge in [0, 0.05) is 24.5 Å². The van der Waals surface area contributed by atoms with Crippen molar-refractivity contribution < 1.29 is 14.3 Å². The first-order chi connectivity index (χ1) is 11.5. The summed E-state index contributed by atoms with van der Waals surface area (Å²) in [6.45, 7) is 7.48. The van der Waals surface area contributed by atoms with Crippen molar-refractivity contribution in [3.05, 3.63) is 11.1 Å². The molecule has 0 aromatic carbocycles. The van der Waals surface area contributed by atoms with E-state index in [1.54, 1.807) is 10.3 Å². The van der Waals surface area contributed by atoms with Gasteiger partial charge in [-0.15, -0.1) is 5.10 Å². The third-order valence-corrected chi connectivity index (χ3v) is 5.43. The second kappa shape index (κ2) is 7.43. The molecule has 24 heavy (non-hydrogen) atoms. The first-order valence-corrected chi connectivity index (χ1v) is 9.35. The van der Waals surface area contributed by atoms with E-state index >= 15 is 0 Å². The molecule has 1 aromatic heterocycles. The molecular formula is C16H26N4O3S. The number of hydrogen-bond donors (Lipinski definition) is 0. The zero-order chi connectivity index (χ0) is 17.2. The fourth-order valence-electron chi connectivity index (χ4n) is 3.28. The maximum atomic E-state index is 12.6. The summed E-state index contributed by atoms with van der Waals surface area (Å²) in [5.41, 5.74) is 0.0177. The van der Waals surface area contributed by atoms with Gasteiger partial charge in [-0.2, -0.15) is 0 Å². The normalized spacial score (nSPS) is 28.0. The molecule has 0 N–H and O–H groups in total. The van der Waals surface area contributed by atoms with E-state index < -0.39 is 5.60 Å². The minimum Gasteiger partial charge on any atom is -0.377 e. The lowest BCUT2D eigenvalue weighted by atomic mass is 10.00. The lowest BCUT2D eigenvalue weighted by molar-refractivity contribution is -0.0901. The summed E-state index contributed by atoms with van der Waals surface area (Å²) in [4.78, 5) is 16.7. The van der Waals surface area contributed by atoms with Gasteiger partial charge < -0.3 is 19.3 Å². The summed E-state index contributed by atoms with van der Waals surface area (Å²) in [5.74, 6) is -0.0834. The Balaban J connectivity index is 1.65. The number of nitrogens with zero attached hydrogens (tertiary/aromatic N) is 4. The summed E-state index contributed by atoms with van der Waals surface area (Å²) < 4.78 is 15.9. The molecule has 7 nitrogen and oxygen atoms in total. The zero-order valence-electron chi connectivity index (χ0n) is 14.6. The Morgan fingerprint density at radius 1 is 1.58 bits per heavy atom. The van der Waals surface area contributed by atoms with Gasteiger partial charge in [0.2, 0.25) is 0 Å². The molecule has 0 radical (unpaired) electrons. The van der Waals surface area contributed by atoms with E-state index in [1.165, 1.54) is 11.5 Å². The molecular weight excluding hydrogens is 328 g/mol. The molecule has 1 unspecified atom stereocenters. The van der Waals surface area contributed by atoms with Crippen molar-refractivity contribution in [1.82, 2.24) is 19.4 Å². The van der Waals surface area contributed by atoms with Gasteiger partial charge in [0.15, 0.2) is 5.69 Å². The van der Waals surface area contributed by atoms with Gasteiger partial charge in [-0.25, -0.2) is 0 Å². The molecule has 3 heterocycles. The maximum absolute atomic E-state index is 12.6. The number of rotatable bonds is 4. The molecule has 2 aliphatic rings. The Labute approximate surface area is 147 Å². The van der Waals surface area contributed by atoms with E-state index in [9.17, 15) is 4.79 Å². The average molecular weight is 354 g/mol. The van der Waals surface area contributed by atoms with Gasteiger partial charge in [-0.3, -0.25) is 4.79 Å². The van der Waals surface area contributed by atoms with Crippen molar-refractivity contribution in [2.45, 2.75) is 44.4 Å². The monoisotopic (exact) mass is 354 g/mol. The van der Waals surface area contributed by atoms with Crippen LogP contribution in [0.25, 0.3) is 0 Å². The van der Waals surface area contributed by atoms with Crippen LogP contribution in [0.4, 0.5) is 0 Å². The molecule has 0 bridgehead atoms. The van der Waals surface area contributed by atoms with Crippen molar-refractivity contribution in [3.8, 4) is 0 Å². The van der Waals surface area contributed by atoms with Gasteiger partial charge in [0.1, 0.15) is 5.60 Å². The molecule has 1 amide bonds. The number of carbonyl (C=O) groups is 1. The summed E-state index contributed by atoms with van der Waals surface area (Å²) in [6, 6.07) is 0.491. The minimum atomic E-state index is -0.391. The number of carbonyl (C=O) groups excluding carboxylic acids is 1. The Bertz CT molecular complexity index is 554. The highest BCUT2D eigenvalue weighted by Crippen LogP contribution is 2.33. The van der Waals surface area contributed by atoms with E-state index in [0.717, 1.165) is 19.4 Å². The van der Waals surface area contributed by atoms with Crippen LogP contribution in [0.1, 0.15) is 37.2 Å². The Morgan fingerprint density at radius 2 is 2.42 bits per heavy atom. The molecule has 2 saturated heterocycles. The van der Waals surface area contributed by atoms with Crippen LogP contribution in [0.15, 0.2) is 5.38 Å². The summed E-state index contributed by atoms with van der Waals surface area (Å²) in [6.07, 6.45) is 2.11. The van der Waals surface area contributed by atoms with Crippen LogP contribution < -0.4 is 0 Å². The molecule has 2 atom stereocenters. The Kier molecular flexibility index (Phi) is 5.49. The van der Waals surface area contributed by atoms with E-state index in [2.05, 4.69) is 35.4 Å². The third kappa shape index (κ3) is 3.93. The van der Waals surface area contributed by atoms with E-state index in [0.29, 0.717) is 38.0 Å². The fourth-order valence-corrected chi connectivity index (χ4v) is 3.71. The fraction of sp³-hybridized carbons (Fsp3) is 0.812. The molecule has 0 saturated carbocycles. The minimum absolute atomic E-state index is 0.0834. The summed E-state index contributed by atoms with van der Waals surface area (Å²) >= 11 is 1.19. The van der Waals surface area contributed by atoms with Crippen LogP contribution in [0.2, 0.25) is 0 Å². The highest BCUT2D eigenvalue weighted by Gasteiger charge is 2.44. The number of aromatic nitrogens is 2. The molecule has 2 fully saturated rings. The first-order valence-electron chi connectivity index (χ1n) is 8.51. The second-order valence-corrected chi connectivity index (χ2v) is 7.67. The number of hydrogen-bond acceptors (Lipinski definition) is 7. The lowest BCUT2D eigenvalue weighted by Crippen LogP contribution is -2.47. The Hall–Kier alpha value is -1.09. The van der Waals surface area contributed by atoms with Crippen molar-refractivity contribution in [3.63, 3.8) is 0 Å². The van der Waals surface area contributed by atoms with Gasteiger partial charge in [0.05, 0.1) is 25.9 Å². The first kappa shape index (κ1) is 17.7. The van der Waals surface area contributed by atoms with Crippen molar-refractivity contribution in [2.24, 2.45) is 0 Å². The molecule has 8 heteroatoms. The zero-order valence-corrected chi connectivity index (χ0v) is 15.4. The standard InChI is InChI=1S/C16H26N4O3S/c1-12(2)19(3)8-13-4-5-16(23-13)10-20(6-7-22-11-16)15(21)14-9-24-18-17-14/h9,12-13H,4-8,10-11H2,1-3H3/t13?,16-/m0/s1. The largest absolute Gasteiger partial charge is 0.377 e. The van der Waals surface area contributed by atoms with E-state index in [4.69, 9.17) is 9.47 Å². The van der Waals surface area contributed by atoms with Gasteiger partial charge in [-0.05, 0) is 45.3 Å². The maximum Gasteiger partial charge on any atom is 0.275 e. The van der Waals surface area contributed by atoms with Gasteiger partial charge >= 0.3 is 0 Å². The van der Waals surface area contributed by atoms with Crippen LogP contribution >= 0.6 is 11.5 Å². The predicted molar refractivity (Wildman–Crippen MR) is 91.2 cm³/mol. The second-order valence-electron chi connectivity index (χ2n) is 7.06. The van der Waals surface area contributed by atoms with Gasteiger partial charge in [0.25, 0.3) is 5.91 Å². The summed E-state index contributed by atoms with van der Waals surface area (Å²) in [7, 11) is 2.12. The van der Waals surface area contributed by atoms with Crippen molar-refractivity contribution in [2.75, 3.05) is 39.9 Å². The quantitative estimate of drug-likeness (QED) is 0.811. The summed E-state index contributed by atoms with van der Waals surface area (Å²) in [5, 5.41) is 5.59. The van der Waals surface area contributed by atoms with Gasteiger partial charge in [-0.1, -0.05) is 4.49 Å². The average Bonchev–Trinajstić information content (AvgIpc) is 3.15. The predicted octanol–water partition coefficient (Wildman–Crippen LogP) is 1.27. The highest BCUT2D eigenvalue weighted by molar-refractivity contribution is 7.03. The number of amides is 1. The van der Waals surface area contributed by atoms with E-state index in [-0.39, 0.29) is 12.0 Å². The van der Waals surface area contributed by atoms with Crippen LogP contribution in [-0.2, 0) is 9.47 Å². The van der Waals surface area contributed by atoms with Crippen molar-refractivity contribution in [1.29, 1.82) is 0 Å². The molecule has 0 aliphatic carbocycles. The number of ether oxygens (including phenoxy) is 2. The smallest absolute Gasteiger partial charge is 0.275 e.